The summed E-state index contributed by atoms with van der Waals surface area (Å²) in [6.07, 6.45) is 0. The van der Waals surface area contributed by atoms with Crippen LogP contribution in [0.1, 0.15) is 10.4 Å². The van der Waals surface area contributed by atoms with Gasteiger partial charge in [0, 0.05) is 5.02 Å². The Balaban J connectivity index is 2.07. The fourth-order valence-corrected chi connectivity index (χ4v) is 2.45. The number of aromatic carboxylic acids is 1. The van der Waals surface area contributed by atoms with Crippen LogP contribution in [-0.4, -0.2) is 21.3 Å². The van der Waals surface area contributed by atoms with E-state index in [2.05, 4.69) is 10.2 Å². The fourth-order valence-electron chi connectivity index (χ4n) is 1.96. The number of aromatic nitrogens is 2. The molecule has 0 saturated heterocycles. The monoisotopic (exact) mass is 334 g/mol. The Hall–Kier alpha value is -2.37. The molecule has 1 N–H and O–H groups in total. The molecule has 0 amide bonds. The molecule has 1 heterocycles. The molecule has 0 radical (unpaired) electrons. The van der Waals surface area contributed by atoms with Crippen molar-refractivity contribution in [1.82, 2.24) is 10.2 Å². The zero-order chi connectivity index (χ0) is 15.7. The first kappa shape index (κ1) is 14.6. The lowest BCUT2D eigenvalue weighted by molar-refractivity contribution is 0.0697. The second-order valence-electron chi connectivity index (χ2n) is 4.39. The molecular weight excluding hydrogens is 327 g/mol. The van der Waals surface area contributed by atoms with Crippen LogP contribution in [0.15, 0.2) is 46.9 Å². The number of carboxylic acid groups (broad SMARTS) is 1. The lowest BCUT2D eigenvalue weighted by atomic mass is 10.1. The Morgan fingerprint density at radius 3 is 2.36 bits per heavy atom. The van der Waals surface area contributed by atoms with Crippen molar-refractivity contribution in [3.63, 3.8) is 0 Å². The summed E-state index contributed by atoms with van der Waals surface area (Å²) in [5.74, 6) is -0.768. The van der Waals surface area contributed by atoms with Gasteiger partial charge >= 0.3 is 5.97 Å². The third-order valence-corrected chi connectivity index (χ3v) is 3.52. The molecule has 0 spiro atoms. The van der Waals surface area contributed by atoms with Crippen LogP contribution >= 0.6 is 23.2 Å². The highest BCUT2D eigenvalue weighted by Gasteiger charge is 2.18. The van der Waals surface area contributed by atoms with Crippen molar-refractivity contribution < 1.29 is 14.3 Å². The molecule has 22 heavy (non-hydrogen) atoms. The molecule has 0 aliphatic carbocycles. The maximum absolute atomic E-state index is 11.2. The molecule has 3 aromatic rings. The summed E-state index contributed by atoms with van der Waals surface area (Å²) >= 11 is 11.9. The van der Waals surface area contributed by atoms with Crippen LogP contribution in [-0.2, 0) is 0 Å². The first-order chi connectivity index (χ1) is 10.6. The topological polar surface area (TPSA) is 76.2 Å². The van der Waals surface area contributed by atoms with Crippen molar-refractivity contribution in [2.75, 3.05) is 0 Å². The molecule has 110 valence electrons. The van der Waals surface area contributed by atoms with Gasteiger partial charge in [-0.1, -0.05) is 35.3 Å². The summed E-state index contributed by atoms with van der Waals surface area (Å²) in [5.41, 5.74) is 0.955. The van der Waals surface area contributed by atoms with E-state index in [1.807, 2.05) is 0 Å². The van der Waals surface area contributed by atoms with E-state index in [9.17, 15) is 9.90 Å². The van der Waals surface area contributed by atoms with Crippen LogP contribution in [0.2, 0.25) is 10.0 Å². The highest BCUT2D eigenvalue weighted by atomic mass is 35.5. The van der Waals surface area contributed by atoms with Gasteiger partial charge in [-0.3, -0.25) is 0 Å². The number of hydrogen-bond donors (Lipinski definition) is 1. The zero-order valence-electron chi connectivity index (χ0n) is 11.0. The van der Waals surface area contributed by atoms with Crippen molar-refractivity contribution in [2.45, 2.75) is 0 Å². The van der Waals surface area contributed by atoms with Gasteiger partial charge in [0.2, 0.25) is 11.8 Å². The molecule has 2 aromatic carbocycles. The van der Waals surface area contributed by atoms with Gasteiger partial charge in [0.1, 0.15) is 0 Å². The molecular formula is C15H8Cl2N2O3. The average molecular weight is 335 g/mol. The summed E-state index contributed by atoms with van der Waals surface area (Å²) in [7, 11) is 0. The third-order valence-electron chi connectivity index (χ3n) is 2.97. The minimum absolute atomic E-state index is 0.0832. The quantitative estimate of drug-likeness (QED) is 0.767. The molecule has 1 aromatic heterocycles. The summed E-state index contributed by atoms with van der Waals surface area (Å²) < 4.78 is 5.55. The average Bonchev–Trinajstić information content (AvgIpc) is 2.96. The molecule has 0 fully saturated rings. The van der Waals surface area contributed by atoms with E-state index in [0.29, 0.717) is 21.2 Å². The van der Waals surface area contributed by atoms with E-state index in [-0.39, 0.29) is 17.3 Å². The van der Waals surface area contributed by atoms with Crippen LogP contribution in [0.3, 0.4) is 0 Å². The van der Waals surface area contributed by atoms with Gasteiger partial charge in [-0.15, -0.1) is 10.2 Å². The minimum Gasteiger partial charge on any atom is -0.478 e. The van der Waals surface area contributed by atoms with Crippen LogP contribution in [0.4, 0.5) is 0 Å². The van der Waals surface area contributed by atoms with Gasteiger partial charge < -0.3 is 9.52 Å². The summed E-state index contributed by atoms with van der Waals surface area (Å²) in [4.78, 5) is 11.2. The van der Waals surface area contributed by atoms with Crippen LogP contribution in [0, 0.1) is 0 Å². The minimum atomic E-state index is -1.07. The first-order valence-electron chi connectivity index (χ1n) is 6.18. The number of carbonyl (C=O) groups is 1. The molecule has 3 rings (SSSR count). The molecule has 0 atom stereocenters. The first-order valence-corrected chi connectivity index (χ1v) is 6.93. The van der Waals surface area contributed by atoms with E-state index in [0.717, 1.165) is 0 Å². The lowest BCUT2D eigenvalue weighted by Gasteiger charge is -2.01. The molecule has 7 heteroatoms. The Morgan fingerprint density at radius 2 is 1.68 bits per heavy atom. The number of halogens is 2. The fraction of sp³-hybridized carbons (Fsp3) is 0. The number of benzene rings is 2. The predicted molar refractivity (Wildman–Crippen MR) is 82.1 cm³/mol. The molecule has 0 bridgehead atoms. The predicted octanol–water partition coefficient (Wildman–Crippen LogP) is 4.41. The highest BCUT2D eigenvalue weighted by molar-refractivity contribution is 6.36. The van der Waals surface area contributed by atoms with Crippen molar-refractivity contribution in [1.29, 1.82) is 0 Å². The van der Waals surface area contributed by atoms with Gasteiger partial charge in [-0.2, -0.15) is 0 Å². The smallest absolute Gasteiger partial charge is 0.336 e. The van der Waals surface area contributed by atoms with Crippen molar-refractivity contribution in [3.8, 4) is 22.9 Å². The van der Waals surface area contributed by atoms with E-state index < -0.39 is 5.97 Å². The maximum Gasteiger partial charge on any atom is 0.336 e. The Kier molecular flexibility index (Phi) is 3.83. The molecule has 0 saturated carbocycles. The third kappa shape index (κ3) is 2.68. The number of hydrogen-bond acceptors (Lipinski definition) is 4. The summed E-state index contributed by atoms with van der Waals surface area (Å²) in [6, 6.07) is 11.3. The van der Waals surface area contributed by atoms with Crippen LogP contribution in [0.25, 0.3) is 22.9 Å². The van der Waals surface area contributed by atoms with Crippen molar-refractivity contribution in [2.24, 2.45) is 0 Å². The second kappa shape index (κ2) is 5.79. The normalized spacial score (nSPS) is 10.6. The molecule has 0 unspecified atom stereocenters. The Labute approximate surface area is 135 Å². The highest BCUT2D eigenvalue weighted by Crippen LogP contribution is 2.32. The van der Waals surface area contributed by atoms with E-state index >= 15 is 0 Å². The van der Waals surface area contributed by atoms with Gasteiger partial charge in [0.25, 0.3) is 0 Å². The zero-order valence-corrected chi connectivity index (χ0v) is 12.5. The van der Waals surface area contributed by atoms with E-state index in [1.54, 1.807) is 36.4 Å². The number of rotatable bonds is 3. The lowest BCUT2D eigenvalue weighted by Crippen LogP contribution is -1.98. The van der Waals surface area contributed by atoms with Gasteiger partial charge in [-0.25, -0.2) is 4.79 Å². The van der Waals surface area contributed by atoms with Crippen molar-refractivity contribution in [3.05, 3.63) is 58.1 Å². The van der Waals surface area contributed by atoms with E-state index in [4.69, 9.17) is 27.6 Å². The molecule has 0 aliphatic heterocycles. The van der Waals surface area contributed by atoms with Crippen LogP contribution in [0.5, 0.6) is 0 Å². The van der Waals surface area contributed by atoms with Crippen molar-refractivity contribution >= 4 is 29.2 Å². The van der Waals surface area contributed by atoms with Crippen LogP contribution < -0.4 is 0 Å². The van der Waals surface area contributed by atoms with Gasteiger partial charge in [-0.05, 0) is 30.3 Å². The SMILES string of the molecule is O=C(O)c1ccccc1-c1nnc(-c2ccc(Cl)cc2Cl)o1. The van der Waals surface area contributed by atoms with Gasteiger partial charge in [0.05, 0.1) is 21.7 Å². The second-order valence-corrected chi connectivity index (χ2v) is 5.23. The van der Waals surface area contributed by atoms with E-state index in [1.165, 1.54) is 6.07 Å². The standard InChI is InChI=1S/C15H8Cl2N2O3/c16-8-5-6-11(12(17)7-8)14-19-18-13(22-14)9-3-1-2-4-10(9)15(20)21/h1-7H,(H,20,21). The number of nitrogens with zero attached hydrogens (tertiary/aromatic N) is 2. The molecule has 5 nitrogen and oxygen atoms in total. The Bertz CT molecular complexity index is 861. The Morgan fingerprint density at radius 1 is 1.00 bits per heavy atom. The summed E-state index contributed by atoms with van der Waals surface area (Å²) in [5, 5.41) is 17.9. The largest absolute Gasteiger partial charge is 0.478 e. The number of carboxylic acids is 1. The maximum atomic E-state index is 11.2. The molecule has 0 aliphatic rings. The van der Waals surface area contributed by atoms with Gasteiger partial charge in [0.15, 0.2) is 0 Å². The summed E-state index contributed by atoms with van der Waals surface area (Å²) in [6.45, 7) is 0.